The molecule has 0 fully saturated rings. The number of carbonyl (C=O) groups excluding carboxylic acids is 2. The van der Waals surface area contributed by atoms with E-state index in [1.54, 1.807) is 38.4 Å². The van der Waals surface area contributed by atoms with Gasteiger partial charge >= 0.3 is 0 Å². The normalized spacial score (nSPS) is 9.91. The lowest BCUT2D eigenvalue weighted by Gasteiger charge is -2.10. The van der Waals surface area contributed by atoms with E-state index in [-0.39, 0.29) is 18.2 Å². The quantitative estimate of drug-likeness (QED) is 0.889. The van der Waals surface area contributed by atoms with E-state index in [9.17, 15) is 9.59 Å². The Morgan fingerprint density at radius 1 is 1.09 bits per heavy atom. The number of hydrogen-bond acceptors (Lipinski definition) is 3. The summed E-state index contributed by atoms with van der Waals surface area (Å²) in [6.45, 7) is 0. The molecule has 22 heavy (non-hydrogen) atoms. The van der Waals surface area contributed by atoms with Crippen LogP contribution in [0.15, 0.2) is 48.5 Å². The molecule has 0 heterocycles. The van der Waals surface area contributed by atoms with E-state index in [4.69, 9.17) is 4.74 Å². The lowest BCUT2D eigenvalue weighted by atomic mass is 10.1. The molecule has 0 aliphatic carbocycles. The van der Waals surface area contributed by atoms with Crippen LogP contribution in [-0.4, -0.2) is 26.0 Å². The zero-order valence-corrected chi connectivity index (χ0v) is 12.6. The van der Waals surface area contributed by atoms with Gasteiger partial charge in [-0.2, -0.15) is 0 Å². The molecular formula is C17H18N2O3. The summed E-state index contributed by atoms with van der Waals surface area (Å²) in [5, 5.41) is 5.32. The Kier molecular flexibility index (Phi) is 5.14. The molecule has 5 heteroatoms. The fourth-order valence-corrected chi connectivity index (χ4v) is 2.09. The SMILES string of the molecule is CNC(=O)c1ccccc1NC(=O)Cc1cccc(OC)c1. The summed E-state index contributed by atoms with van der Waals surface area (Å²) in [7, 11) is 3.13. The van der Waals surface area contributed by atoms with Gasteiger partial charge in [0.15, 0.2) is 0 Å². The van der Waals surface area contributed by atoms with Crippen LogP contribution in [0.25, 0.3) is 0 Å². The number of ether oxygens (including phenoxy) is 1. The van der Waals surface area contributed by atoms with E-state index >= 15 is 0 Å². The van der Waals surface area contributed by atoms with E-state index in [2.05, 4.69) is 10.6 Å². The van der Waals surface area contributed by atoms with Crippen molar-refractivity contribution in [1.29, 1.82) is 0 Å². The molecule has 0 aliphatic rings. The molecule has 0 bridgehead atoms. The molecule has 5 nitrogen and oxygen atoms in total. The number of nitrogens with one attached hydrogen (secondary N) is 2. The fraction of sp³-hybridized carbons (Fsp3) is 0.176. The number of amides is 2. The smallest absolute Gasteiger partial charge is 0.253 e. The summed E-state index contributed by atoms with van der Waals surface area (Å²) in [5.74, 6) is 0.276. The third-order valence-corrected chi connectivity index (χ3v) is 3.17. The molecule has 2 aromatic rings. The van der Waals surface area contributed by atoms with Gasteiger partial charge in [-0.3, -0.25) is 9.59 Å². The molecule has 2 N–H and O–H groups in total. The summed E-state index contributed by atoms with van der Waals surface area (Å²) in [6.07, 6.45) is 0.208. The zero-order chi connectivity index (χ0) is 15.9. The van der Waals surface area contributed by atoms with Crippen molar-refractivity contribution in [2.75, 3.05) is 19.5 Å². The Morgan fingerprint density at radius 2 is 1.86 bits per heavy atom. The maximum absolute atomic E-state index is 12.2. The third kappa shape index (κ3) is 3.85. The molecule has 2 aromatic carbocycles. The lowest BCUT2D eigenvalue weighted by molar-refractivity contribution is -0.115. The predicted molar refractivity (Wildman–Crippen MR) is 85.2 cm³/mol. The highest BCUT2D eigenvalue weighted by atomic mass is 16.5. The number of methoxy groups -OCH3 is 1. The average molecular weight is 298 g/mol. The van der Waals surface area contributed by atoms with Crippen LogP contribution in [0.5, 0.6) is 5.75 Å². The summed E-state index contributed by atoms with van der Waals surface area (Å²) in [4.78, 5) is 23.9. The van der Waals surface area contributed by atoms with Crippen LogP contribution in [0.3, 0.4) is 0 Å². The van der Waals surface area contributed by atoms with Crippen molar-refractivity contribution in [3.8, 4) is 5.75 Å². The van der Waals surface area contributed by atoms with Gasteiger partial charge in [0, 0.05) is 7.05 Å². The van der Waals surface area contributed by atoms with Gasteiger partial charge in [-0.1, -0.05) is 24.3 Å². The third-order valence-electron chi connectivity index (χ3n) is 3.17. The Morgan fingerprint density at radius 3 is 2.59 bits per heavy atom. The van der Waals surface area contributed by atoms with Gasteiger partial charge in [0.05, 0.1) is 24.8 Å². The maximum atomic E-state index is 12.2. The Bertz CT molecular complexity index is 683. The molecule has 0 spiro atoms. The minimum atomic E-state index is -0.239. The molecule has 0 unspecified atom stereocenters. The monoisotopic (exact) mass is 298 g/mol. The van der Waals surface area contributed by atoms with Crippen LogP contribution < -0.4 is 15.4 Å². The van der Waals surface area contributed by atoms with Crippen LogP contribution in [0.2, 0.25) is 0 Å². The number of para-hydroxylation sites is 1. The molecule has 0 atom stereocenters. The van der Waals surface area contributed by atoms with Crippen molar-refractivity contribution < 1.29 is 14.3 Å². The molecule has 0 aromatic heterocycles. The first-order chi connectivity index (χ1) is 10.6. The molecule has 0 saturated heterocycles. The standard InChI is InChI=1S/C17H18N2O3/c1-18-17(21)14-8-3-4-9-15(14)19-16(20)11-12-6-5-7-13(10-12)22-2/h3-10H,11H2,1-2H3,(H,18,21)(H,19,20). The van der Waals surface area contributed by atoms with Crippen LogP contribution >= 0.6 is 0 Å². The second-order valence-electron chi connectivity index (χ2n) is 4.70. The minimum absolute atomic E-state index is 0.190. The van der Waals surface area contributed by atoms with Crippen LogP contribution in [0.4, 0.5) is 5.69 Å². The van der Waals surface area contributed by atoms with E-state index in [1.807, 2.05) is 24.3 Å². The van der Waals surface area contributed by atoms with Crippen LogP contribution in [0, 0.1) is 0 Å². The molecule has 114 valence electrons. The lowest BCUT2D eigenvalue weighted by Crippen LogP contribution is -2.22. The van der Waals surface area contributed by atoms with Gasteiger partial charge in [-0.25, -0.2) is 0 Å². The van der Waals surface area contributed by atoms with E-state index in [0.717, 1.165) is 5.56 Å². The fourth-order valence-electron chi connectivity index (χ4n) is 2.09. The first kappa shape index (κ1) is 15.6. The molecule has 0 saturated carbocycles. The van der Waals surface area contributed by atoms with Gasteiger partial charge in [-0.15, -0.1) is 0 Å². The minimum Gasteiger partial charge on any atom is -0.497 e. The molecule has 0 radical (unpaired) electrons. The number of rotatable bonds is 5. The Hall–Kier alpha value is -2.82. The molecular weight excluding hydrogens is 280 g/mol. The molecule has 0 aliphatic heterocycles. The molecule has 2 amide bonds. The zero-order valence-electron chi connectivity index (χ0n) is 12.6. The van der Waals surface area contributed by atoms with Crippen LogP contribution in [0.1, 0.15) is 15.9 Å². The second kappa shape index (κ2) is 7.26. The topological polar surface area (TPSA) is 67.4 Å². The largest absolute Gasteiger partial charge is 0.497 e. The summed E-state index contributed by atoms with van der Waals surface area (Å²) < 4.78 is 5.14. The van der Waals surface area contributed by atoms with Crippen molar-refractivity contribution in [2.24, 2.45) is 0 Å². The van der Waals surface area contributed by atoms with Crippen molar-refractivity contribution in [3.05, 3.63) is 59.7 Å². The van der Waals surface area contributed by atoms with Gasteiger partial charge in [0.2, 0.25) is 5.91 Å². The number of hydrogen-bond donors (Lipinski definition) is 2. The number of carbonyl (C=O) groups is 2. The highest BCUT2D eigenvalue weighted by Crippen LogP contribution is 2.17. The summed E-state index contributed by atoms with van der Waals surface area (Å²) in [6, 6.07) is 14.2. The Labute approximate surface area is 129 Å². The van der Waals surface area contributed by atoms with Gasteiger partial charge in [0.25, 0.3) is 5.91 Å². The number of anilines is 1. The highest BCUT2D eigenvalue weighted by molar-refractivity contribution is 6.03. The predicted octanol–water partition coefficient (Wildman–Crippen LogP) is 2.24. The van der Waals surface area contributed by atoms with E-state index in [0.29, 0.717) is 17.0 Å². The highest BCUT2D eigenvalue weighted by Gasteiger charge is 2.12. The van der Waals surface area contributed by atoms with Crippen molar-refractivity contribution in [2.45, 2.75) is 6.42 Å². The van der Waals surface area contributed by atoms with Crippen LogP contribution in [-0.2, 0) is 11.2 Å². The summed E-state index contributed by atoms with van der Waals surface area (Å²) >= 11 is 0. The second-order valence-corrected chi connectivity index (χ2v) is 4.70. The summed E-state index contributed by atoms with van der Waals surface area (Å²) in [5.41, 5.74) is 1.77. The number of benzene rings is 2. The first-order valence-corrected chi connectivity index (χ1v) is 6.88. The Balaban J connectivity index is 2.10. The van der Waals surface area contributed by atoms with Crippen molar-refractivity contribution in [3.63, 3.8) is 0 Å². The van der Waals surface area contributed by atoms with E-state index in [1.165, 1.54) is 0 Å². The molecule has 2 rings (SSSR count). The first-order valence-electron chi connectivity index (χ1n) is 6.88. The van der Waals surface area contributed by atoms with Gasteiger partial charge in [-0.05, 0) is 29.8 Å². The van der Waals surface area contributed by atoms with E-state index < -0.39 is 0 Å². The van der Waals surface area contributed by atoms with Crippen molar-refractivity contribution >= 4 is 17.5 Å². The van der Waals surface area contributed by atoms with Gasteiger partial charge < -0.3 is 15.4 Å². The average Bonchev–Trinajstić information content (AvgIpc) is 2.54. The maximum Gasteiger partial charge on any atom is 0.253 e. The van der Waals surface area contributed by atoms with Gasteiger partial charge in [0.1, 0.15) is 5.75 Å². The van der Waals surface area contributed by atoms with Crippen molar-refractivity contribution in [1.82, 2.24) is 5.32 Å².